The molecule has 0 spiro atoms. The topological polar surface area (TPSA) is 66.4 Å². The van der Waals surface area contributed by atoms with Gasteiger partial charge in [0.2, 0.25) is 5.28 Å². The molecule has 130 valence electrons. The smallest absolute Gasteiger partial charge is 0.321 e. The molecule has 6 nitrogen and oxygen atoms in total. The van der Waals surface area contributed by atoms with E-state index in [-0.39, 0.29) is 11.3 Å². The van der Waals surface area contributed by atoms with Crippen molar-refractivity contribution in [3.8, 4) is 28.9 Å². The van der Waals surface area contributed by atoms with Gasteiger partial charge in [-0.25, -0.2) is 0 Å². The van der Waals surface area contributed by atoms with Gasteiger partial charge in [-0.05, 0) is 40.7 Å². The first-order valence-electron chi connectivity index (χ1n) is 7.47. The summed E-state index contributed by atoms with van der Waals surface area (Å²) in [5, 5.41) is 4.00. The van der Waals surface area contributed by atoms with Crippen LogP contribution in [0.25, 0.3) is 11.4 Å². The molecular formula is C17H16ClN3O3S. The summed E-state index contributed by atoms with van der Waals surface area (Å²) in [4.78, 5) is 12.4. The molecule has 2 aromatic heterocycles. The van der Waals surface area contributed by atoms with Crippen LogP contribution in [0.4, 0.5) is 0 Å². The fourth-order valence-corrected chi connectivity index (χ4v) is 3.00. The fourth-order valence-electron chi connectivity index (χ4n) is 2.21. The highest BCUT2D eigenvalue weighted by atomic mass is 35.5. The van der Waals surface area contributed by atoms with E-state index in [2.05, 4.69) is 15.0 Å². The molecule has 1 aromatic carbocycles. The SMILES string of the molecule is COc1ccc(CCOc2nc(Cl)nc(-c3ccsc3)n2)cc1OC. The maximum Gasteiger partial charge on any atom is 0.321 e. The molecule has 0 radical (unpaired) electrons. The van der Waals surface area contributed by atoms with Crippen molar-refractivity contribution in [2.75, 3.05) is 20.8 Å². The van der Waals surface area contributed by atoms with Gasteiger partial charge in [0, 0.05) is 17.4 Å². The molecule has 25 heavy (non-hydrogen) atoms. The Morgan fingerprint density at radius 3 is 2.60 bits per heavy atom. The molecule has 3 aromatic rings. The average molecular weight is 378 g/mol. The molecule has 0 aliphatic carbocycles. The van der Waals surface area contributed by atoms with E-state index in [1.807, 2.05) is 35.0 Å². The predicted octanol–water partition coefficient (Wildman–Crippen LogP) is 3.89. The molecule has 0 saturated carbocycles. The lowest BCUT2D eigenvalue weighted by atomic mass is 10.1. The summed E-state index contributed by atoms with van der Waals surface area (Å²) < 4.78 is 16.2. The van der Waals surface area contributed by atoms with Crippen LogP contribution < -0.4 is 14.2 Å². The average Bonchev–Trinajstić information content (AvgIpc) is 3.16. The largest absolute Gasteiger partial charge is 0.493 e. The zero-order valence-corrected chi connectivity index (χ0v) is 15.3. The summed E-state index contributed by atoms with van der Waals surface area (Å²) in [5.74, 6) is 1.88. The van der Waals surface area contributed by atoms with Gasteiger partial charge in [0.05, 0.1) is 20.8 Å². The quantitative estimate of drug-likeness (QED) is 0.622. The second kappa shape index (κ2) is 8.13. The number of hydrogen-bond donors (Lipinski definition) is 0. The van der Waals surface area contributed by atoms with Gasteiger partial charge in [-0.2, -0.15) is 26.3 Å². The zero-order valence-electron chi connectivity index (χ0n) is 13.7. The summed E-state index contributed by atoms with van der Waals surface area (Å²) in [6.45, 7) is 0.402. The van der Waals surface area contributed by atoms with Crippen molar-refractivity contribution in [2.45, 2.75) is 6.42 Å². The Hall–Kier alpha value is -2.38. The third-order valence-corrected chi connectivity index (χ3v) is 4.29. The molecule has 8 heteroatoms. The van der Waals surface area contributed by atoms with Crippen LogP contribution >= 0.6 is 22.9 Å². The number of rotatable bonds is 7. The van der Waals surface area contributed by atoms with E-state index >= 15 is 0 Å². The third-order valence-electron chi connectivity index (χ3n) is 3.44. The monoisotopic (exact) mass is 377 g/mol. The predicted molar refractivity (Wildman–Crippen MR) is 96.9 cm³/mol. The van der Waals surface area contributed by atoms with Crippen LogP contribution in [-0.4, -0.2) is 35.8 Å². The van der Waals surface area contributed by atoms with Crippen molar-refractivity contribution in [3.05, 3.63) is 45.9 Å². The number of benzene rings is 1. The lowest BCUT2D eigenvalue weighted by Crippen LogP contribution is -2.06. The van der Waals surface area contributed by atoms with E-state index < -0.39 is 0 Å². The highest BCUT2D eigenvalue weighted by molar-refractivity contribution is 7.08. The van der Waals surface area contributed by atoms with Crippen LogP contribution in [0.1, 0.15) is 5.56 Å². The van der Waals surface area contributed by atoms with Crippen LogP contribution in [0.2, 0.25) is 5.28 Å². The van der Waals surface area contributed by atoms with Gasteiger partial charge < -0.3 is 14.2 Å². The first-order valence-corrected chi connectivity index (χ1v) is 8.79. The number of ether oxygens (including phenoxy) is 3. The Morgan fingerprint density at radius 2 is 1.88 bits per heavy atom. The molecule has 0 aliphatic rings. The van der Waals surface area contributed by atoms with E-state index in [0.29, 0.717) is 30.4 Å². The highest BCUT2D eigenvalue weighted by Crippen LogP contribution is 2.27. The van der Waals surface area contributed by atoms with Crippen LogP contribution in [0.5, 0.6) is 17.5 Å². The molecule has 0 amide bonds. The van der Waals surface area contributed by atoms with Crippen molar-refractivity contribution in [3.63, 3.8) is 0 Å². The summed E-state index contributed by atoms with van der Waals surface area (Å²) in [7, 11) is 3.22. The summed E-state index contributed by atoms with van der Waals surface area (Å²) in [6.07, 6.45) is 0.664. The Kier molecular flexibility index (Phi) is 5.67. The van der Waals surface area contributed by atoms with E-state index in [0.717, 1.165) is 11.1 Å². The Labute approximate surface area is 154 Å². The van der Waals surface area contributed by atoms with Gasteiger partial charge >= 0.3 is 6.01 Å². The van der Waals surface area contributed by atoms with Gasteiger partial charge in [-0.1, -0.05) is 6.07 Å². The van der Waals surface area contributed by atoms with Crippen LogP contribution in [0, 0.1) is 0 Å². The summed E-state index contributed by atoms with van der Waals surface area (Å²) in [6, 6.07) is 7.87. The molecule has 2 heterocycles. The second-order valence-corrected chi connectivity index (χ2v) is 6.13. The maximum atomic E-state index is 5.97. The minimum absolute atomic E-state index is 0.109. The van der Waals surface area contributed by atoms with Crippen LogP contribution in [-0.2, 0) is 6.42 Å². The molecule has 0 unspecified atom stereocenters. The van der Waals surface area contributed by atoms with E-state index in [9.17, 15) is 0 Å². The number of hydrogen-bond acceptors (Lipinski definition) is 7. The molecular weight excluding hydrogens is 362 g/mol. The van der Waals surface area contributed by atoms with Gasteiger partial charge in [0.1, 0.15) is 0 Å². The van der Waals surface area contributed by atoms with E-state index in [1.165, 1.54) is 0 Å². The van der Waals surface area contributed by atoms with Crippen molar-refractivity contribution in [1.29, 1.82) is 0 Å². The molecule has 0 N–H and O–H groups in total. The Bertz CT molecular complexity index is 843. The van der Waals surface area contributed by atoms with E-state index in [1.54, 1.807) is 25.6 Å². The molecule has 0 aliphatic heterocycles. The Balaban J connectivity index is 1.66. The van der Waals surface area contributed by atoms with E-state index in [4.69, 9.17) is 25.8 Å². The zero-order chi connectivity index (χ0) is 17.6. The normalized spacial score (nSPS) is 10.5. The third kappa shape index (κ3) is 4.37. The standard InChI is InChI=1S/C17H16ClN3O3S/c1-22-13-4-3-11(9-14(13)23-2)5-7-24-17-20-15(19-16(18)21-17)12-6-8-25-10-12/h3-4,6,8-10H,5,7H2,1-2H3. The lowest BCUT2D eigenvalue weighted by Gasteiger charge is -2.10. The lowest BCUT2D eigenvalue weighted by molar-refractivity contribution is 0.295. The van der Waals surface area contributed by atoms with Crippen LogP contribution in [0.15, 0.2) is 35.0 Å². The van der Waals surface area contributed by atoms with Crippen LogP contribution in [0.3, 0.4) is 0 Å². The molecule has 0 bridgehead atoms. The number of methoxy groups -OCH3 is 2. The molecule has 0 saturated heterocycles. The van der Waals surface area contributed by atoms with Gasteiger partial charge in [-0.15, -0.1) is 0 Å². The number of aromatic nitrogens is 3. The number of thiophene rings is 1. The minimum atomic E-state index is 0.109. The van der Waals surface area contributed by atoms with Gasteiger partial charge in [0.15, 0.2) is 17.3 Å². The van der Waals surface area contributed by atoms with Crippen molar-refractivity contribution < 1.29 is 14.2 Å². The Morgan fingerprint density at radius 1 is 1.04 bits per heavy atom. The van der Waals surface area contributed by atoms with Crippen molar-refractivity contribution in [1.82, 2.24) is 15.0 Å². The first-order chi connectivity index (χ1) is 12.2. The molecule has 3 rings (SSSR count). The van der Waals surface area contributed by atoms with Crippen molar-refractivity contribution in [2.24, 2.45) is 0 Å². The second-order valence-electron chi connectivity index (χ2n) is 5.01. The summed E-state index contributed by atoms with van der Waals surface area (Å²) >= 11 is 7.53. The minimum Gasteiger partial charge on any atom is -0.493 e. The molecule has 0 atom stereocenters. The summed E-state index contributed by atoms with van der Waals surface area (Å²) in [5.41, 5.74) is 1.94. The van der Waals surface area contributed by atoms with Gasteiger partial charge in [0.25, 0.3) is 0 Å². The number of nitrogens with zero attached hydrogens (tertiary/aromatic N) is 3. The number of halogens is 1. The first kappa shape index (κ1) is 17.4. The highest BCUT2D eigenvalue weighted by Gasteiger charge is 2.09. The van der Waals surface area contributed by atoms with Crippen molar-refractivity contribution >= 4 is 22.9 Å². The molecule has 0 fully saturated rings. The fraction of sp³-hybridized carbons (Fsp3) is 0.235. The maximum absolute atomic E-state index is 5.97. The van der Waals surface area contributed by atoms with Gasteiger partial charge in [-0.3, -0.25) is 0 Å².